The number of aromatic nitrogens is 2. The van der Waals surface area contributed by atoms with Crippen LogP contribution in [0.5, 0.6) is 0 Å². The van der Waals surface area contributed by atoms with E-state index in [1.54, 1.807) is 12.1 Å². The largest absolute Gasteiger partial charge is 0.465 e. The first-order valence-electron chi connectivity index (χ1n) is 13.4. The van der Waals surface area contributed by atoms with Crippen molar-refractivity contribution < 1.29 is 14.7 Å². The van der Waals surface area contributed by atoms with Gasteiger partial charge >= 0.3 is 6.09 Å². The van der Waals surface area contributed by atoms with E-state index >= 15 is 0 Å². The number of carbonyl (C=O) groups is 2. The van der Waals surface area contributed by atoms with Crippen LogP contribution in [-0.4, -0.2) is 76.1 Å². The van der Waals surface area contributed by atoms with Crippen molar-refractivity contribution >= 4 is 29.3 Å². The van der Waals surface area contributed by atoms with E-state index in [2.05, 4.69) is 14.9 Å². The van der Waals surface area contributed by atoms with E-state index in [1.165, 1.54) is 4.90 Å². The van der Waals surface area contributed by atoms with Gasteiger partial charge in [0.25, 0.3) is 5.91 Å². The minimum Gasteiger partial charge on any atom is -0.465 e. The average Bonchev–Trinajstić information content (AvgIpc) is 3.47. The van der Waals surface area contributed by atoms with Crippen molar-refractivity contribution in [2.45, 2.75) is 27.2 Å². The summed E-state index contributed by atoms with van der Waals surface area (Å²) in [6.07, 6.45) is -0.252. The lowest BCUT2D eigenvalue weighted by molar-refractivity contribution is 0.0771. The second-order valence-corrected chi connectivity index (χ2v) is 11.1. The van der Waals surface area contributed by atoms with E-state index < -0.39 is 6.09 Å². The van der Waals surface area contributed by atoms with Gasteiger partial charge in [0.15, 0.2) is 5.82 Å². The standard InChI is InChI=1S/C30H34ClN5O3/c1-19-10-11-25(14-26(19)31)36(30(38)39)13-7-12-34-15-23-17-35(18-24(23)16-34)29(37)27-20(2)32-28(33-21(27)3)22-8-5-4-6-9-22/h4-6,8-11,14,23-24H,7,12-13,15-18H2,1-3H3,(H,38,39). The van der Waals surface area contributed by atoms with E-state index in [1.807, 2.05) is 62.1 Å². The zero-order valence-electron chi connectivity index (χ0n) is 22.6. The molecule has 39 heavy (non-hydrogen) atoms. The summed E-state index contributed by atoms with van der Waals surface area (Å²) in [5.41, 5.74) is 4.48. The predicted molar refractivity (Wildman–Crippen MR) is 152 cm³/mol. The molecule has 0 saturated carbocycles. The van der Waals surface area contributed by atoms with Gasteiger partial charge in [-0.25, -0.2) is 14.8 Å². The molecule has 0 radical (unpaired) electrons. The molecule has 1 aromatic heterocycles. The third-order valence-corrected chi connectivity index (χ3v) is 8.33. The number of aryl methyl sites for hydroxylation is 3. The lowest BCUT2D eigenvalue weighted by Gasteiger charge is -2.24. The fourth-order valence-electron chi connectivity index (χ4n) is 5.88. The zero-order valence-corrected chi connectivity index (χ0v) is 23.4. The molecule has 8 nitrogen and oxygen atoms in total. The second-order valence-electron chi connectivity index (χ2n) is 10.7. The highest BCUT2D eigenvalue weighted by Gasteiger charge is 2.42. The van der Waals surface area contributed by atoms with Gasteiger partial charge in [0.05, 0.1) is 17.0 Å². The van der Waals surface area contributed by atoms with Gasteiger partial charge < -0.3 is 14.9 Å². The molecule has 3 aromatic rings. The Morgan fingerprint density at radius 2 is 1.62 bits per heavy atom. The number of hydrogen-bond acceptors (Lipinski definition) is 5. The zero-order chi connectivity index (χ0) is 27.7. The molecule has 2 saturated heterocycles. The number of nitrogens with zero attached hydrogens (tertiary/aromatic N) is 5. The summed E-state index contributed by atoms with van der Waals surface area (Å²) < 4.78 is 0. The van der Waals surface area contributed by atoms with Crippen LogP contribution in [-0.2, 0) is 0 Å². The van der Waals surface area contributed by atoms with Crippen LogP contribution in [0.3, 0.4) is 0 Å². The molecule has 0 spiro atoms. The first kappa shape index (κ1) is 27.1. The van der Waals surface area contributed by atoms with Gasteiger partial charge in [-0.3, -0.25) is 9.69 Å². The van der Waals surface area contributed by atoms with Crippen molar-refractivity contribution in [1.82, 2.24) is 19.8 Å². The topological polar surface area (TPSA) is 89.9 Å². The van der Waals surface area contributed by atoms with Crippen LogP contribution >= 0.6 is 11.6 Å². The average molecular weight is 548 g/mol. The minimum absolute atomic E-state index is 0.0134. The number of hydrogen-bond donors (Lipinski definition) is 1. The Morgan fingerprint density at radius 1 is 0.974 bits per heavy atom. The molecule has 2 amide bonds. The van der Waals surface area contributed by atoms with Crippen LogP contribution in [0.2, 0.25) is 5.02 Å². The lowest BCUT2D eigenvalue weighted by Crippen LogP contribution is -2.36. The molecule has 3 heterocycles. The van der Waals surface area contributed by atoms with E-state index in [0.717, 1.165) is 50.3 Å². The fraction of sp³-hybridized carbons (Fsp3) is 0.400. The first-order chi connectivity index (χ1) is 18.7. The molecule has 2 aliphatic rings. The van der Waals surface area contributed by atoms with Crippen LogP contribution in [0.4, 0.5) is 10.5 Å². The number of carbonyl (C=O) groups excluding carboxylic acids is 1. The van der Waals surface area contributed by atoms with Gasteiger partial charge in [-0.15, -0.1) is 0 Å². The number of amides is 2. The first-order valence-corrected chi connectivity index (χ1v) is 13.8. The number of likely N-dealkylation sites (tertiary alicyclic amines) is 2. The molecule has 0 bridgehead atoms. The van der Waals surface area contributed by atoms with E-state index in [-0.39, 0.29) is 5.91 Å². The quantitative estimate of drug-likeness (QED) is 0.431. The third-order valence-electron chi connectivity index (χ3n) is 7.92. The number of rotatable bonds is 7. The predicted octanol–water partition coefficient (Wildman–Crippen LogP) is 5.30. The van der Waals surface area contributed by atoms with Crippen LogP contribution in [0, 0.1) is 32.6 Å². The Balaban J connectivity index is 1.16. The lowest BCUT2D eigenvalue weighted by atomic mass is 10.0. The molecule has 1 N–H and O–H groups in total. The maximum Gasteiger partial charge on any atom is 0.411 e. The monoisotopic (exact) mass is 547 g/mol. The van der Waals surface area contributed by atoms with Crippen molar-refractivity contribution in [3.63, 3.8) is 0 Å². The fourth-order valence-corrected chi connectivity index (χ4v) is 6.05. The number of benzene rings is 2. The Hall–Kier alpha value is -3.49. The van der Waals surface area contributed by atoms with Gasteiger partial charge in [-0.2, -0.15) is 0 Å². The van der Waals surface area contributed by atoms with Gasteiger partial charge in [-0.05, 0) is 63.3 Å². The Kier molecular flexibility index (Phi) is 7.86. The van der Waals surface area contributed by atoms with Gasteiger partial charge in [0.1, 0.15) is 0 Å². The van der Waals surface area contributed by atoms with Crippen molar-refractivity contribution in [3.8, 4) is 11.4 Å². The van der Waals surface area contributed by atoms with Crippen LogP contribution in [0.15, 0.2) is 48.5 Å². The van der Waals surface area contributed by atoms with Crippen molar-refractivity contribution in [1.29, 1.82) is 0 Å². The number of carboxylic acid groups (broad SMARTS) is 1. The van der Waals surface area contributed by atoms with E-state index in [4.69, 9.17) is 11.6 Å². The Labute approximate surface area is 234 Å². The summed E-state index contributed by atoms with van der Waals surface area (Å²) in [5.74, 6) is 1.50. The smallest absolute Gasteiger partial charge is 0.411 e. The highest BCUT2D eigenvalue weighted by Crippen LogP contribution is 2.33. The molecule has 2 fully saturated rings. The molecule has 2 atom stereocenters. The molecule has 5 rings (SSSR count). The highest BCUT2D eigenvalue weighted by atomic mass is 35.5. The number of anilines is 1. The summed E-state index contributed by atoms with van der Waals surface area (Å²) in [6, 6.07) is 15.2. The Bertz CT molecular complexity index is 1350. The van der Waals surface area contributed by atoms with Crippen molar-refractivity contribution in [2.75, 3.05) is 44.2 Å². The summed E-state index contributed by atoms with van der Waals surface area (Å²) in [4.78, 5) is 40.4. The summed E-state index contributed by atoms with van der Waals surface area (Å²) in [5, 5.41) is 10.3. The summed E-state index contributed by atoms with van der Waals surface area (Å²) in [7, 11) is 0. The highest BCUT2D eigenvalue weighted by molar-refractivity contribution is 6.31. The third kappa shape index (κ3) is 5.77. The molecule has 204 valence electrons. The van der Waals surface area contributed by atoms with Gasteiger partial charge in [0, 0.05) is 49.0 Å². The molecular weight excluding hydrogens is 514 g/mol. The summed E-state index contributed by atoms with van der Waals surface area (Å²) >= 11 is 6.21. The number of halogens is 1. The SMILES string of the molecule is Cc1ccc(N(CCCN2CC3CN(C(=O)c4c(C)nc(-c5ccccc5)nc4C)CC3C2)C(=O)O)cc1Cl. The minimum atomic E-state index is -0.978. The summed E-state index contributed by atoms with van der Waals surface area (Å²) in [6.45, 7) is 10.2. The van der Waals surface area contributed by atoms with Crippen LogP contribution in [0.1, 0.15) is 33.7 Å². The molecule has 9 heteroatoms. The van der Waals surface area contributed by atoms with Crippen molar-refractivity contribution in [2.24, 2.45) is 11.8 Å². The van der Waals surface area contributed by atoms with Crippen LogP contribution < -0.4 is 4.90 Å². The normalized spacial score (nSPS) is 18.8. The maximum absolute atomic E-state index is 13.5. The van der Waals surface area contributed by atoms with Crippen LogP contribution in [0.25, 0.3) is 11.4 Å². The number of fused-ring (bicyclic) bond motifs is 1. The Morgan fingerprint density at radius 3 is 2.21 bits per heavy atom. The second kappa shape index (κ2) is 11.3. The molecule has 2 aliphatic heterocycles. The molecule has 2 unspecified atom stereocenters. The molecule has 2 aromatic carbocycles. The molecular formula is C30H34ClN5O3. The van der Waals surface area contributed by atoms with E-state index in [0.29, 0.717) is 51.9 Å². The van der Waals surface area contributed by atoms with E-state index in [9.17, 15) is 14.7 Å². The van der Waals surface area contributed by atoms with Gasteiger partial charge in [0.2, 0.25) is 0 Å². The van der Waals surface area contributed by atoms with Crippen molar-refractivity contribution in [3.05, 3.63) is 76.1 Å². The molecule has 0 aliphatic carbocycles. The van der Waals surface area contributed by atoms with Gasteiger partial charge in [-0.1, -0.05) is 48.0 Å². The maximum atomic E-state index is 13.5.